The standard InChI is InChI=1S/C14H23NO/c1-2-5-13(6-3-1)7-4-9-15-11-14-8-10-16-12-14/h8,10,12-13,15H,1-7,9,11H2. The van der Waals surface area contributed by atoms with Gasteiger partial charge in [-0.3, -0.25) is 0 Å². The Hall–Kier alpha value is -0.760. The molecule has 1 aromatic rings. The molecule has 1 aliphatic carbocycles. The minimum Gasteiger partial charge on any atom is -0.472 e. The highest BCUT2D eigenvalue weighted by atomic mass is 16.3. The monoisotopic (exact) mass is 221 g/mol. The molecule has 2 rings (SSSR count). The summed E-state index contributed by atoms with van der Waals surface area (Å²) < 4.78 is 5.03. The molecule has 1 heterocycles. The van der Waals surface area contributed by atoms with Gasteiger partial charge in [0, 0.05) is 12.1 Å². The van der Waals surface area contributed by atoms with Gasteiger partial charge in [-0.15, -0.1) is 0 Å². The second kappa shape index (κ2) is 6.74. The molecule has 0 bridgehead atoms. The van der Waals surface area contributed by atoms with Crippen molar-refractivity contribution in [3.63, 3.8) is 0 Å². The van der Waals surface area contributed by atoms with Crippen LogP contribution in [-0.2, 0) is 6.54 Å². The van der Waals surface area contributed by atoms with Crippen LogP contribution in [0, 0.1) is 5.92 Å². The summed E-state index contributed by atoms with van der Waals surface area (Å²) in [5.74, 6) is 1.02. The third-order valence-electron chi connectivity index (χ3n) is 3.60. The number of nitrogens with one attached hydrogen (secondary N) is 1. The smallest absolute Gasteiger partial charge is 0.0947 e. The van der Waals surface area contributed by atoms with Crippen molar-refractivity contribution in [2.75, 3.05) is 6.54 Å². The van der Waals surface area contributed by atoms with Crippen LogP contribution in [0.15, 0.2) is 23.0 Å². The molecule has 1 N–H and O–H groups in total. The molecule has 16 heavy (non-hydrogen) atoms. The first-order chi connectivity index (χ1) is 7.95. The van der Waals surface area contributed by atoms with Crippen molar-refractivity contribution >= 4 is 0 Å². The lowest BCUT2D eigenvalue weighted by molar-refractivity contribution is 0.330. The number of hydrogen-bond acceptors (Lipinski definition) is 2. The lowest BCUT2D eigenvalue weighted by atomic mass is 9.86. The summed E-state index contributed by atoms with van der Waals surface area (Å²) in [5, 5.41) is 3.47. The van der Waals surface area contributed by atoms with E-state index in [2.05, 4.69) is 5.32 Å². The van der Waals surface area contributed by atoms with Crippen LogP contribution < -0.4 is 5.32 Å². The van der Waals surface area contributed by atoms with Gasteiger partial charge in [0.25, 0.3) is 0 Å². The summed E-state index contributed by atoms with van der Waals surface area (Å²) in [7, 11) is 0. The van der Waals surface area contributed by atoms with Crippen molar-refractivity contribution in [2.24, 2.45) is 5.92 Å². The van der Waals surface area contributed by atoms with Gasteiger partial charge < -0.3 is 9.73 Å². The van der Waals surface area contributed by atoms with Gasteiger partial charge in [-0.2, -0.15) is 0 Å². The predicted octanol–water partition coefficient (Wildman–Crippen LogP) is 3.73. The van der Waals surface area contributed by atoms with Crippen LogP contribution in [0.1, 0.15) is 50.5 Å². The second-order valence-corrected chi connectivity index (χ2v) is 4.95. The Morgan fingerprint density at radius 1 is 1.25 bits per heavy atom. The molecular formula is C14H23NO. The van der Waals surface area contributed by atoms with Gasteiger partial charge in [-0.05, 0) is 31.4 Å². The second-order valence-electron chi connectivity index (χ2n) is 4.95. The van der Waals surface area contributed by atoms with Gasteiger partial charge in [0.2, 0.25) is 0 Å². The van der Waals surface area contributed by atoms with Gasteiger partial charge in [-0.25, -0.2) is 0 Å². The lowest BCUT2D eigenvalue weighted by Crippen LogP contribution is -2.16. The Morgan fingerprint density at radius 2 is 2.12 bits per heavy atom. The summed E-state index contributed by atoms with van der Waals surface area (Å²) in [4.78, 5) is 0. The van der Waals surface area contributed by atoms with Gasteiger partial charge in [0.1, 0.15) is 0 Å². The van der Waals surface area contributed by atoms with Crippen molar-refractivity contribution in [1.82, 2.24) is 5.32 Å². The van der Waals surface area contributed by atoms with Crippen molar-refractivity contribution in [3.05, 3.63) is 24.2 Å². The molecule has 0 radical (unpaired) electrons. The minimum absolute atomic E-state index is 0.946. The van der Waals surface area contributed by atoms with Crippen molar-refractivity contribution in [2.45, 2.75) is 51.5 Å². The topological polar surface area (TPSA) is 25.2 Å². The molecule has 1 saturated carbocycles. The van der Waals surface area contributed by atoms with E-state index in [-0.39, 0.29) is 0 Å². The average molecular weight is 221 g/mol. The molecule has 90 valence electrons. The predicted molar refractivity (Wildman–Crippen MR) is 66.2 cm³/mol. The van der Waals surface area contributed by atoms with E-state index in [9.17, 15) is 0 Å². The van der Waals surface area contributed by atoms with E-state index in [1.807, 2.05) is 12.3 Å². The average Bonchev–Trinajstić information content (AvgIpc) is 2.83. The van der Waals surface area contributed by atoms with Crippen molar-refractivity contribution < 1.29 is 4.42 Å². The van der Waals surface area contributed by atoms with Crippen LogP contribution in [0.2, 0.25) is 0 Å². The highest BCUT2D eigenvalue weighted by Gasteiger charge is 2.12. The molecule has 0 amide bonds. The molecule has 1 aromatic heterocycles. The molecule has 0 spiro atoms. The fourth-order valence-corrected chi connectivity index (χ4v) is 2.62. The Labute approximate surface area is 98.4 Å². The number of rotatable bonds is 6. The molecule has 0 aromatic carbocycles. The van der Waals surface area contributed by atoms with E-state index in [1.165, 1.54) is 50.5 Å². The van der Waals surface area contributed by atoms with E-state index in [0.717, 1.165) is 19.0 Å². The maximum atomic E-state index is 5.03. The number of furan rings is 1. The fourth-order valence-electron chi connectivity index (χ4n) is 2.62. The molecule has 2 heteroatoms. The van der Waals surface area contributed by atoms with E-state index in [1.54, 1.807) is 6.26 Å². The molecule has 1 aliphatic rings. The van der Waals surface area contributed by atoms with E-state index < -0.39 is 0 Å². The molecular weight excluding hydrogens is 198 g/mol. The molecule has 1 fully saturated rings. The third kappa shape index (κ3) is 4.01. The van der Waals surface area contributed by atoms with Crippen LogP contribution in [0.5, 0.6) is 0 Å². The van der Waals surface area contributed by atoms with Crippen LogP contribution in [0.3, 0.4) is 0 Å². The van der Waals surface area contributed by atoms with Crippen molar-refractivity contribution in [3.8, 4) is 0 Å². The van der Waals surface area contributed by atoms with E-state index in [4.69, 9.17) is 4.42 Å². The van der Waals surface area contributed by atoms with Gasteiger partial charge in [-0.1, -0.05) is 32.1 Å². The van der Waals surface area contributed by atoms with Crippen LogP contribution in [0.4, 0.5) is 0 Å². The summed E-state index contributed by atoms with van der Waals surface area (Å²) in [6.07, 6.45) is 13.6. The molecule has 0 aliphatic heterocycles. The quantitative estimate of drug-likeness (QED) is 0.740. The molecule has 0 unspecified atom stereocenters. The zero-order chi connectivity index (χ0) is 11.1. The van der Waals surface area contributed by atoms with Crippen molar-refractivity contribution in [1.29, 1.82) is 0 Å². The highest BCUT2D eigenvalue weighted by Crippen LogP contribution is 2.26. The fraction of sp³-hybridized carbons (Fsp3) is 0.714. The molecule has 0 atom stereocenters. The molecule has 2 nitrogen and oxygen atoms in total. The maximum Gasteiger partial charge on any atom is 0.0947 e. The summed E-state index contributed by atoms with van der Waals surface area (Å²) in [6, 6.07) is 2.02. The van der Waals surface area contributed by atoms with Gasteiger partial charge >= 0.3 is 0 Å². The van der Waals surface area contributed by atoms with Crippen LogP contribution in [0.25, 0.3) is 0 Å². The highest BCUT2D eigenvalue weighted by molar-refractivity contribution is 5.04. The Balaban J connectivity index is 1.48. The SMILES string of the molecule is c1cc(CNCCCC2CCCCC2)co1. The Bertz CT molecular complexity index is 262. The van der Waals surface area contributed by atoms with E-state index in [0.29, 0.717) is 0 Å². The summed E-state index contributed by atoms with van der Waals surface area (Å²) in [6.45, 7) is 2.09. The van der Waals surface area contributed by atoms with E-state index >= 15 is 0 Å². The largest absolute Gasteiger partial charge is 0.472 e. The normalized spacial score (nSPS) is 17.8. The van der Waals surface area contributed by atoms with Crippen LogP contribution in [-0.4, -0.2) is 6.54 Å². The minimum atomic E-state index is 0.946. The lowest BCUT2D eigenvalue weighted by Gasteiger charge is -2.21. The number of hydrogen-bond donors (Lipinski definition) is 1. The van der Waals surface area contributed by atoms with Crippen LogP contribution >= 0.6 is 0 Å². The first kappa shape index (κ1) is 11.7. The summed E-state index contributed by atoms with van der Waals surface area (Å²) >= 11 is 0. The first-order valence-electron chi connectivity index (χ1n) is 6.67. The van der Waals surface area contributed by atoms with Gasteiger partial charge in [0.15, 0.2) is 0 Å². The van der Waals surface area contributed by atoms with Gasteiger partial charge in [0.05, 0.1) is 12.5 Å². The zero-order valence-electron chi connectivity index (χ0n) is 10.1. The first-order valence-corrected chi connectivity index (χ1v) is 6.67. The molecule has 0 saturated heterocycles. The third-order valence-corrected chi connectivity index (χ3v) is 3.60. The maximum absolute atomic E-state index is 5.03. The zero-order valence-corrected chi connectivity index (χ0v) is 10.1. The Kier molecular flexibility index (Phi) is 4.94. The summed E-state index contributed by atoms with van der Waals surface area (Å²) in [5.41, 5.74) is 1.25. The Morgan fingerprint density at radius 3 is 2.88 bits per heavy atom.